The molecule has 0 saturated heterocycles. The highest BCUT2D eigenvalue weighted by Gasteiger charge is 2.05. The SMILES string of the molecule is NCc1nc(-c2cccc(/N=C(\N)c3cccs3)c2)c[nH]1. The second-order valence-electron chi connectivity index (χ2n) is 4.46. The molecule has 0 unspecified atom stereocenters. The first-order chi connectivity index (χ1) is 10.3. The van der Waals surface area contributed by atoms with Gasteiger partial charge in [0.25, 0.3) is 0 Å². The largest absolute Gasteiger partial charge is 0.383 e. The number of aromatic amines is 1. The monoisotopic (exact) mass is 297 g/mol. The Labute approximate surface area is 126 Å². The van der Waals surface area contributed by atoms with Crippen molar-refractivity contribution in [2.24, 2.45) is 16.5 Å². The van der Waals surface area contributed by atoms with E-state index in [9.17, 15) is 0 Å². The molecule has 0 radical (unpaired) electrons. The van der Waals surface area contributed by atoms with Crippen LogP contribution in [-0.4, -0.2) is 15.8 Å². The van der Waals surface area contributed by atoms with Gasteiger partial charge in [-0.25, -0.2) is 9.98 Å². The molecular formula is C15H15N5S. The van der Waals surface area contributed by atoms with Gasteiger partial charge in [-0.15, -0.1) is 11.3 Å². The maximum absolute atomic E-state index is 6.01. The van der Waals surface area contributed by atoms with Gasteiger partial charge < -0.3 is 16.5 Å². The van der Waals surface area contributed by atoms with Crippen molar-refractivity contribution in [2.45, 2.75) is 6.54 Å². The highest BCUT2D eigenvalue weighted by atomic mass is 32.1. The third-order valence-electron chi connectivity index (χ3n) is 2.99. The molecule has 0 aliphatic rings. The van der Waals surface area contributed by atoms with Crippen LogP contribution in [0.15, 0.2) is 53.0 Å². The molecule has 3 rings (SSSR count). The lowest BCUT2D eigenvalue weighted by Gasteiger charge is -2.01. The fraction of sp³-hybridized carbons (Fsp3) is 0.0667. The fourth-order valence-electron chi connectivity index (χ4n) is 1.97. The number of nitrogens with one attached hydrogen (secondary N) is 1. The first-order valence-corrected chi connectivity index (χ1v) is 7.37. The highest BCUT2D eigenvalue weighted by Crippen LogP contribution is 2.23. The number of H-pyrrole nitrogens is 1. The summed E-state index contributed by atoms with van der Waals surface area (Å²) in [6.07, 6.45) is 1.84. The van der Waals surface area contributed by atoms with Crippen LogP contribution in [0.5, 0.6) is 0 Å². The molecular weight excluding hydrogens is 282 g/mol. The predicted octanol–water partition coefficient (Wildman–Crippen LogP) is 2.63. The van der Waals surface area contributed by atoms with Crippen molar-refractivity contribution in [3.8, 4) is 11.3 Å². The quantitative estimate of drug-likeness (QED) is 0.510. The van der Waals surface area contributed by atoms with Gasteiger partial charge >= 0.3 is 0 Å². The van der Waals surface area contributed by atoms with Gasteiger partial charge in [-0.3, -0.25) is 0 Å². The van der Waals surface area contributed by atoms with Crippen LogP contribution in [0.3, 0.4) is 0 Å². The third-order valence-corrected chi connectivity index (χ3v) is 3.88. The number of rotatable bonds is 4. The third kappa shape index (κ3) is 3.01. The fourth-order valence-corrected chi connectivity index (χ4v) is 2.59. The van der Waals surface area contributed by atoms with Crippen LogP contribution in [0.1, 0.15) is 10.7 Å². The zero-order chi connectivity index (χ0) is 14.7. The van der Waals surface area contributed by atoms with Crippen LogP contribution in [-0.2, 0) is 6.54 Å². The highest BCUT2D eigenvalue weighted by molar-refractivity contribution is 7.12. The molecule has 0 aliphatic carbocycles. The summed E-state index contributed by atoms with van der Waals surface area (Å²) in [6.45, 7) is 0.392. The number of aliphatic imine (C=N–C) groups is 1. The Hall–Kier alpha value is -2.44. The summed E-state index contributed by atoms with van der Waals surface area (Å²) in [6, 6.07) is 11.7. The summed E-state index contributed by atoms with van der Waals surface area (Å²) in [5.41, 5.74) is 14.2. The van der Waals surface area contributed by atoms with Crippen molar-refractivity contribution < 1.29 is 0 Å². The van der Waals surface area contributed by atoms with Gasteiger partial charge in [-0.1, -0.05) is 18.2 Å². The van der Waals surface area contributed by atoms with E-state index < -0.39 is 0 Å². The van der Waals surface area contributed by atoms with E-state index in [0.29, 0.717) is 12.4 Å². The maximum atomic E-state index is 6.01. The number of hydrogen-bond acceptors (Lipinski definition) is 4. The van der Waals surface area contributed by atoms with Gasteiger partial charge in [0, 0.05) is 11.8 Å². The van der Waals surface area contributed by atoms with E-state index in [-0.39, 0.29) is 0 Å². The van der Waals surface area contributed by atoms with E-state index in [0.717, 1.165) is 27.6 Å². The standard InChI is InChI=1S/C15H15N5S/c16-8-14-18-9-12(20-14)10-3-1-4-11(7-10)19-15(17)13-5-2-6-21-13/h1-7,9H,8,16H2,(H2,17,19)(H,18,20). The van der Waals surface area contributed by atoms with Crippen molar-refractivity contribution >= 4 is 22.9 Å². The molecule has 0 aliphatic heterocycles. The number of nitrogens with zero attached hydrogens (tertiary/aromatic N) is 2. The van der Waals surface area contributed by atoms with Crippen molar-refractivity contribution in [2.75, 3.05) is 0 Å². The first-order valence-electron chi connectivity index (χ1n) is 6.49. The van der Waals surface area contributed by atoms with Crippen LogP contribution < -0.4 is 11.5 Å². The lowest BCUT2D eigenvalue weighted by atomic mass is 10.1. The van der Waals surface area contributed by atoms with Gasteiger partial charge in [-0.2, -0.15) is 0 Å². The molecule has 5 nitrogen and oxygen atoms in total. The van der Waals surface area contributed by atoms with E-state index in [4.69, 9.17) is 11.5 Å². The molecule has 0 bridgehead atoms. The van der Waals surface area contributed by atoms with Crippen molar-refractivity contribution in [3.05, 3.63) is 58.7 Å². The molecule has 3 aromatic rings. The maximum Gasteiger partial charge on any atom is 0.141 e. The minimum absolute atomic E-state index is 0.392. The van der Waals surface area contributed by atoms with E-state index in [1.165, 1.54) is 0 Å². The van der Waals surface area contributed by atoms with Crippen LogP contribution in [0.25, 0.3) is 11.3 Å². The molecule has 2 aromatic heterocycles. The number of aromatic nitrogens is 2. The van der Waals surface area contributed by atoms with Crippen molar-refractivity contribution in [1.82, 2.24) is 9.97 Å². The van der Waals surface area contributed by atoms with Gasteiger partial charge in [0.1, 0.15) is 11.7 Å². The summed E-state index contributed by atoms with van der Waals surface area (Å²) in [5.74, 6) is 1.28. The van der Waals surface area contributed by atoms with Gasteiger partial charge in [0.05, 0.1) is 22.8 Å². The number of hydrogen-bond donors (Lipinski definition) is 3. The van der Waals surface area contributed by atoms with E-state index >= 15 is 0 Å². The van der Waals surface area contributed by atoms with Gasteiger partial charge in [0.2, 0.25) is 0 Å². The molecule has 0 atom stereocenters. The number of nitrogens with two attached hydrogens (primary N) is 2. The molecule has 0 spiro atoms. The number of thiophene rings is 1. The molecule has 21 heavy (non-hydrogen) atoms. The predicted molar refractivity (Wildman–Crippen MR) is 86.6 cm³/mol. The lowest BCUT2D eigenvalue weighted by molar-refractivity contribution is 0.950. The zero-order valence-electron chi connectivity index (χ0n) is 11.3. The summed E-state index contributed by atoms with van der Waals surface area (Å²) in [7, 11) is 0. The summed E-state index contributed by atoms with van der Waals surface area (Å²) < 4.78 is 0. The van der Waals surface area contributed by atoms with Crippen LogP contribution >= 0.6 is 11.3 Å². The molecule has 1 aromatic carbocycles. The average molecular weight is 297 g/mol. The smallest absolute Gasteiger partial charge is 0.141 e. The van der Waals surface area contributed by atoms with E-state index in [2.05, 4.69) is 15.0 Å². The minimum atomic E-state index is 0.392. The average Bonchev–Trinajstić information content (AvgIpc) is 3.19. The Morgan fingerprint density at radius 2 is 2.19 bits per heavy atom. The Morgan fingerprint density at radius 3 is 2.90 bits per heavy atom. The molecule has 0 amide bonds. The van der Waals surface area contributed by atoms with Crippen LogP contribution in [0, 0.1) is 0 Å². The molecule has 2 heterocycles. The summed E-state index contributed by atoms with van der Waals surface area (Å²) in [4.78, 5) is 12.9. The minimum Gasteiger partial charge on any atom is -0.383 e. The number of amidine groups is 1. The molecule has 0 saturated carbocycles. The van der Waals surface area contributed by atoms with Gasteiger partial charge in [-0.05, 0) is 23.6 Å². The summed E-state index contributed by atoms with van der Waals surface area (Å²) in [5, 5.41) is 1.98. The Balaban J connectivity index is 1.91. The molecule has 5 N–H and O–H groups in total. The Morgan fingerprint density at radius 1 is 1.29 bits per heavy atom. The van der Waals surface area contributed by atoms with E-state index in [1.807, 2.05) is 48.0 Å². The first kappa shape index (κ1) is 13.5. The molecule has 106 valence electrons. The number of imidazole rings is 1. The van der Waals surface area contributed by atoms with Crippen molar-refractivity contribution in [1.29, 1.82) is 0 Å². The van der Waals surface area contributed by atoms with E-state index in [1.54, 1.807) is 11.3 Å². The molecule has 6 heteroatoms. The summed E-state index contributed by atoms with van der Waals surface area (Å²) >= 11 is 1.57. The lowest BCUT2D eigenvalue weighted by Crippen LogP contribution is -2.10. The van der Waals surface area contributed by atoms with Crippen LogP contribution in [0.4, 0.5) is 5.69 Å². The number of benzene rings is 1. The zero-order valence-corrected chi connectivity index (χ0v) is 12.1. The Bertz CT molecular complexity index is 758. The van der Waals surface area contributed by atoms with Crippen molar-refractivity contribution in [3.63, 3.8) is 0 Å². The second kappa shape index (κ2) is 5.90. The Kier molecular flexibility index (Phi) is 3.81. The van der Waals surface area contributed by atoms with Crippen LogP contribution in [0.2, 0.25) is 0 Å². The normalized spacial score (nSPS) is 11.8. The van der Waals surface area contributed by atoms with Gasteiger partial charge in [0.15, 0.2) is 0 Å². The second-order valence-corrected chi connectivity index (χ2v) is 5.41. The molecule has 0 fully saturated rings. The topological polar surface area (TPSA) is 93.1 Å².